The van der Waals surface area contributed by atoms with Gasteiger partial charge in [-0.05, 0) is 78.0 Å². The van der Waals surface area contributed by atoms with Crippen molar-refractivity contribution in [1.82, 2.24) is 20.1 Å². The molecule has 1 amide bonds. The van der Waals surface area contributed by atoms with Gasteiger partial charge in [0, 0.05) is 34.3 Å². The Morgan fingerprint density at radius 1 is 0.978 bits per heavy atom. The number of carbonyl (C=O) groups is 1. The lowest BCUT2D eigenvalue weighted by Crippen LogP contribution is -2.61. The minimum Gasteiger partial charge on any atom is -0.497 e. The van der Waals surface area contributed by atoms with Crippen molar-refractivity contribution in [3.8, 4) is 28.4 Å². The number of thioether (sulfide) groups is 1. The third-order valence-corrected chi connectivity index (χ3v) is 9.32. The topological polar surface area (TPSA) is 81.0 Å². The summed E-state index contributed by atoms with van der Waals surface area (Å²) in [7, 11) is 1.64. The quantitative estimate of drug-likeness (QED) is 0.212. The summed E-state index contributed by atoms with van der Waals surface area (Å²) in [6, 6.07) is 33.1. The Labute approximate surface area is 268 Å². The zero-order valence-electron chi connectivity index (χ0n) is 24.1. The van der Waals surface area contributed by atoms with Crippen LogP contribution in [0.1, 0.15) is 29.2 Å². The number of carbonyl (C=O) groups excluding carboxylic acids is 1. The molecule has 3 aliphatic rings. The maximum absolute atomic E-state index is 13.3. The molecule has 45 heavy (non-hydrogen) atoms. The Bertz CT molecular complexity index is 1990. The number of aromatic nitrogens is 2. The Hall–Kier alpha value is -4.99. The fraction of sp³-hybridized carbons (Fsp3) is 0.114. The molecule has 4 heterocycles. The molecule has 1 aromatic heterocycles. The van der Waals surface area contributed by atoms with Crippen molar-refractivity contribution in [2.75, 3.05) is 7.11 Å². The van der Waals surface area contributed by atoms with Gasteiger partial charge in [-0.1, -0.05) is 60.1 Å². The molecule has 2 unspecified atom stereocenters. The number of methoxy groups -OCH3 is 1. The summed E-state index contributed by atoms with van der Waals surface area (Å²) in [5, 5.41) is 15.6. The number of hydrogen-bond acceptors (Lipinski definition) is 7. The first-order valence-corrected chi connectivity index (χ1v) is 15.6. The van der Waals surface area contributed by atoms with Crippen LogP contribution in [0.5, 0.6) is 11.5 Å². The highest BCUT2D eigenvalue weighted by Crippen LogP contribution is 2.53. The molecule has 1 spiro atoms. The summed E-state index contributed by atoms with van der Waals surface area (Å²) in [5.74, 6) is 0.112. The number of hydrogen-bond donors (Lipinski definition) is 1. The van der Waals surface area contributed by atoms with E-state index in [0.29, 0.717) is 22.1 Å². The molecule has 3 aliphatic heterocycles. The van der Waals surface area contributed by atoms with Gasteiger partial charge in [-0.25, -0.2) is 9.69 Å². The molecule has 1 N–H and O–H groups in total. The van der Waals surface area contributed by atoms with Gasteiger partial charge in [0.1, 0.15) is 11.5 Å². The second-order valence-electron chi connectivity index (χ2n) is 10.9. The van der Waals surface area contributed by atoms with Gasteiger partial charge in [0.05, 0.1) is 35.1 Å². The zero-order valence-corrected chi connectivity index (χ0v) is 25.6. The largest absolute Gasteiger partial charge is 0.497 e. The first kappa shape index (κ1) is 27.6. The average Bonchev–Trinajstić information content (AvgIpc) is 3.79. The Kier molecular flexibility index (Phi) is 6.65. The molecule has 0 saturated carbocycles. The van der Waals surface area contributed by atoms with Crippen molar-refractivity contribution >= 4 is 40.4 Å². The van der Waals surface area contributed by atoms with Gasteiger partial charge in [0.25, 0.3) is 5.24 Å². The Balaban J connectivity index is 1.29. The van der Waals surface area contributed by atoms with Crippen LogP contribution in [-0.4, -0.2) is 38.7 Å². The first-order chi connectivity index (χ1) is 22.0. The van der Waals surface area contributed by atoms with Crippen LogP contribution in [0.15, 0.2) is 119 Å². The highest BCUT2D eigenvalue weighted by Gasteiger charge is 2.58. The van der Waals surface area contributed by atoms with Gasteiger partial charge >= 0.3 is 5.85 Å². The number of rotatable bonds is 5. The monoisotopic (exact) mass is 631 g/mol. The molecule has 8 rings (SSSR count). The zero-order chi connectivity index (χ0) is 30.5. The van der Waals surface area contributed by atoms with Crippen molar-refractivity contribution in [2.24, 2.45) is 5.10 Å². The van der Waals surface area contributed by atoms with Crippen molar-refractivity contribution in [3.63, 3.8) is 0 Å². The number of nitrogens with one attached hydrogen (secondary N) is 1. The number of ether oxygens (including phenoxy) is 2. The van der Waals surface area contributed by atoms with E-state index in [-0.39, 0.29) is 11.3 Å². The minimum absolute atomic E-state index is 0.156. The molecular formula is C35H26ClN5O3S. The summed E-state index contributed by atoms with van der Waals surface area (Å²) in [5.41, 5.74) is 6.26. The molecule has 1 saturated heterocycles. The van der Waals surface area contributed by atoms with Crippen LogP contribution in [0.2, 0.25) is 5.02 Å². The summed E-state index contributed by atoms with van der Waals surface area (Å²) in [6.45, 7) is 0. The van der Waals surface area contributed by atoms with Crippen LogP contribution >= 0.6 is 23.4 Å². The van der Waals surface area contributed by atoms with Crippen molar-refractivity contribution < 1.29 is 14.3 Å². The van der Waals surface area contributed by atoms with Gasteiger partial charge in [0.2, 0.25) is 0 Å². The molecule has 2 atom stereocenters. The molecule has 1 fully saturated rings. The molecule has 4 aromatic carbocycles. The second-order valence-corrected chi connectivity index (χ2v) is 12.3. The molecule has 0 radical (unpaired) electrons. The minimum atomic E-state index is -1.35. The molecule has 8 nitrogen and oxygen atoms in total. The van der Waals surface area contributed by atoms with Crippen LogP contribution in [0.3, 0.4) is 0 Å². The van der Waals surface area contributed by atoms with Crippen LogP contribution in [0, 0.1) is 0 Å². The van der Waals surface area contributed by atoms with Crippen LogP contribution in [-0.2, 0) is 0 Å². The lowest BCUT2D eigenvalue weighted by Gasteiger charge is -2.45. The number of hydrazone groups is 1. The first-order valence-electron chi connectivity index (χ1n) is 14.4. The van der Waals surface area contributed by atoms with E-state index in [1.165, 1.54) is 0 Å². The standard InChI is InChI=1S/C35H26ClN5O3S/c1-43-27-17-13-23(14-18-27)33-24(21-40(39-33)26-7-3-2-4-8-26)19-32-35(37-34(42)45-32)41-30(28-9-5-6-10-31(28)44-35)20-29(38-41)22-11-15-25(36)16-12-22/h2-19,21,30H,20H2,1H3,(H,37,42)/b32-19-. The van der Waals surface area contributed by atoms with E-state index in [0.717, 1.165) is 56.9 Å². The number of benzene rings is 4. The van der Waals surface area contributed by atoms with Gasteiger partial charge < -0.3 is 9.47 Å². The van der Waals surface area contributed by atoms with E-state index in [4.69, 9.17) is 31.3 Å². The molecule has 0 bridgehead atoms. The number of para-hydroxylation sites is 2. The Morgan fingerprint density at radius 2 is 1.71 bits per heavy atom. The van der Waals surface area contributed by atoms with Gasteiger partial charge in [-0.2, -0.15) is 10.2 Å². The van der Waals surface area contributed by atoms with Crippen LogP contribution in [0.4, 0.5) is 4.79 Å². The van der Waals surface area contributed by atoms with E-state index in [1.807, 2.05) is 119 Å². The maximum Gasteiger partial charge on any atom is 0.314 e. The van der Waals surface area contributed by atoms with Crippen LogP contribution < -0.4 is 14.8 Å². The molecule has 5 aromatic rings. The third-order valence-electron chi connectivity index (χ3n) is 8.17. The molecule has 222 valence electrons. The number of fused-ring (bicyclic) bond motifs is 4. The van der Waals surface area contributed by atoms with E-state index < -0.39 is 5.85 Å². The van der Waals surface area contributed by atoms with E-state index in [9.17, 15) is 4.79 Å². The number of nitrogens with zero attached hydrogens (tertiary/aromatic N) is 4. The lowest BCUT2D eigenvalue weighted by atomic mass is 9.95. The third kappa shape index (κ3) is 4.75. The van der Waals surface area contributed by atoms with Crippen molar-refractivity contribution in [3.05, 3.63) is 136 Å². The normalized spacial score (nSPS) is 20.9. The smallest absolute Gasteiger partial charge is 0.314 e. The maximum atomic E-state index is 13.3. The fourth-order valence-corrected chi connectivity index (χ4v) is 7.03. The predicted molar refractivity (Wildman–Crippen MR) is 177 cm³/mol. The number of amides is 1. The summed E-state index contributed by atoms with van der Waals surface area (Å²) < 4.78 is 14.0. The van der Waals surface area contributed by atoms with E-state index >= 15 is 0 Å². The predicted octanol–water partition coefficient (Wildman–Crippen LogP) is 7.90. The Morgan fingerprint density at radius 3 is 2.49 bits per heavy atom. The highest BCUT2D eigenvalue weighted by molar-refractivity contribution is 8.17. The van der Waals surface area contributed by atoms with Gasteiger partial charge in [0.15, 0.2) is 0 Å². The second kappa shape index (κ2) is 10.9. The number of halogens is 1. The van der Waals surface area contributed by atoms with Gasteiger partial charge in [-0.15, -0.1) is 0 Å². The SMILES string of the molecule is COc1ccc(-c2nn(-c3ccccc3)cc2/C=C2\SC(=O)NC23Oc2ccccc2C2CC(c4ccc(Cl)cc4)=NN23)cc1. The van der Waals surface area contributed by atoms with E-state index in [2.05, 4.69) is 11.4 Å². The average molecular weight is 632 g/mol. The molecular weight excluding hydrogens is 606 g/mol. The van der Waals surface area contributed by atoms with Gasteiger partial charge in [-0.3, -0.25) is 10.1 Å². The highest BCUT2D eigenvalue weighted by atomic mass is 35.5. The molecule has 10 heteroatoms. The van der Waals surface area contributed by atoms with E-state index in [1.54, 1.807) is 7.11 Å². The van der Waals surface area contributed by atoms with Crippen molar-refractivity contribution in [1.29, 1.82) is 0 Å². The molecule has 0 aliphatic carbocycles. The van der Waals surface area contributed by atoms with Crippen molar-refractivity contribution in [2.45, 2.75) is 18.3 Å². The fourth-order valence-electron chi connectivity index (χ4n) is 6.00. The van der Waals surface area contributed by atoms with Crippen LogP contribution in [0.25, 0.3) is 23.0 Å². The lowest BCUT2D eigenvalue weighted by molar-refractivity contribution is -0.0949. The summed E-state index contributed by atoms with van der Waals surface area (Å²) in [6.07, 6.45) is 4.59. The summed E-state index contributed by atoms with van der Waals surface area (Å²) >= 11 is 7.29. The summed E-state index contributed by atoms with van der Waals surface area (Å²) in [4.78, 5) is 13.9.